The minimum atomic E-state index is 0.0126. The summed E-state index contributed by atoms with van der Waals surface area (Å²) in [6.45, 7) is 6.20. The number of H-pyrrole nitrogens is 1. The van der Waals surface area contributed by atoms with Crippen molar-refractivity contribution >= 4 is 11.6 Å². The SMILES string of the molecule is CC(C)(C)c1cc(Cl)c(C#N)[nH]1. The molecule has 1 heterocycles. The van der Waals surface area contributed by atoms with Gasteiger partial charge in [0.15, 0.2) is 0 Å². The summed E-state index contributed by atoms with van der Waals surface area (Å²) in [7, 11) is 0. The molecule has 12 heavy (non-hydrogen) atoms. The summed E-state index contributed by atoms with van der Waals surface area (Å²) in [5, 5.41) is 9.13. The molecule has 1 aromatic heterocycles. The zero-order valence-corrected chi connectivity index (χ0v) is 8.16. The molecular weight excluding hydrogens is 172 g/mol. The van der Waals surface area contributed by atoms with E-state index in [0.29, 0.717) is 10.7 Å². The Morgan fingerprint density at radius 3 is 2.33 bits per heavy atom. The number of nitrogens with one attached hydrogen (secondary N) is 1. The number of rotatable bonds is 0. The first-order valence-electron chi connectivity index (χ1n) is 3.74. The van der Waals surface area contributed by atoms with Gasteiger partial charge in [-0.05, 0) is 6.07 Å². The van der Waals surface area contributed by atoms with E-state index in [1.54, 1.807) is 6.07 Å². The van der Waals surface area contributed by atoms with Crippen LogP contribution < -0.4 is 0 Å². The lowest BCUT2D eigenvalue weighted by atomic mass is 9.93. The second-order valence-electron chi connectivity index (χ2n) is 3.77. The van der Waals surface area contributed by atoms with E-state index < -0.39 is 0 Å². The zero-order chi connectivity index (χ0) is 9.35. The summed E-state index contributed by atoms with van der Waals surface area (Å²) in [6, 6.07) is 3.81. The average Bonchev–Trinajstić information content (AvgIpc) is 2.29. The van der Waals surface area contributed by atoms with Crippen molar-refractivity contribution in [3.63, 3.8) is 0 Å². The maximum absolute atomic E-state index is 8.63. The summed E-state index contributed by atoms with van der Waals surface area (Å²) >= 11 is 5.80. The Hall–Kier alpha value is -0.940. The molecule has 0 unspecified atom stereocenters. The topological polar surface area (TPSA) is 39.6 Å². The molecular formula is C9H11ClN2. The van der Waals surface area contributed by atoms with Gasteiger partial charge in [0.05, 0.1) is 5.02 Å². The number of nitrogens with zero attached hydrogens (tertiary/aromatic N) is 1. The van der Waals surface area contributed by atoms with E-state index in [2.05, 4.69) is 25.8 Å². The maximum Gasteiger partial charge on any atom is 0.136 e. The van der Waals surface area contributed by atoms with Gasteiger partial charge >= 0.3 is 0 Å². The van der Waals surface area contributed by atoms with E-state index >= 15 is 0 Å². The monoisotopic (exact) mass is 182 g/mol. The third-order valence-electron chi connectivity index (χ3n) is 1.69. The molecule has 0 bridgehead atoms. The highest BCUT2D eigenvalue weighted by atomic mass is 35.5. The highest BCUT2D eigenvalue weighted by molar-refractivity contribution is 6.31. The van der Waals surface area contributed by atoms with Crippen molar-refractivity contribution in [2.45, 2.75) is 26.2 Å². The minimum Gasteiger partial charge on any atom is -0.349 e. The fourth-order valence-electron chi connectivity index (χ4n) is 0.915. The highest BCUT2D eigenvalue weighted by Gasteiger charge is 2.17. The number of hydrogen-bond donors (Lipinski definition) is 1. The Kier molecular flexibility index (Phi) is 2.16. The lowest BCUT2D eigenvalue weighted by Gasteiger charge is -2.15. The second kappa shape index (κ2) is 2.84. The van der Waals surface area contributed by atoms with Gasteiger partial charge in [0, 0.05) is 11.1 Å². The predicted molar refractivity (Wildman–Crippen MR) is 49.2 cm³/mol. The van der Waals surface area contributed by atoms with Crippen LogP contribution in [0.1, 0.15) is 32.2 Å². The molecule has 0 radical (unpaired) electrons. The standard InChI is InChI=1S/C9H11ClN2/c1-9(2,3)8-4-6(10)7(5-11)12-8/h4,12H,1-3H3. The quantitative estimate of drug-likeness (QED) is 0.659. The molecule has 0 amide bonds. The zero-order valence-electron chi connectivity index (χ0n) is 7.40. The molecule has 0 aliphatic carbocycles. The fourth-order valence-corrected chi connectivity index (χ4v) is 1.11. The molecule has 64 valence electrons. The van der Waals surface area contributed by atoms with Gasteiger partial charge in [-0.15, -0.1) is 0 Å². The summed E-state index contributed by atoms with van der Waals surface area (Å²) in [4.78, 5) is 2.98. The van der Waals surface area contributed by atoms with Gasteiger partial charge < -0.3 is 4.98 Å². The van der Waals surface area contributed by atoms with Crippen molar-refractivity contribution in [3.8, 4) is 6.07 Å². The van der Waals surface area contributed by atoms with E-state index in [1.165, 1.54) is 0 Å². The second-order valence-corrected chi connectivity index (χ2v) is 4.17. The van der Waals surface area contributed by atoms with E-state index in [0.717, 1.165) is 5.69 Å². The van der Waals surface area contributed by atoms with Crippen LogP contribution in [-0.2, 0) is 5.41 Å². The molecule has 1 rings (SSSR count). The van der Waals surface area contributed by atoms with Crippen LogP contribution in [0, 0.1) is 11.3 Å². The Bertz CT molecular complexity index is 325. The minimum absolute atomic E-state index is 0.0126. The third kappa shape index (κ3) is 1.62. The van der Waals surface area contributed by atoms with Crippen molar-refractivity contribution in [2.75, 3.05) is 0 Å². The van der Waals surface area contributed by atoms with E-state index in [4.69, 9.17) is 16.9 Å². The van der Waals surface area contributed by atoms with Crippen molar-refractivity contribution in [2.24, 2.45) is 0 Å². The van der Waals surface area contributed by atoms with Gasteiger partial charge in [0.1, 0.15) is 11.8 Å². The Morgan fingerprint density at radius 2 is 2.08 bits per heavy atom. The Labute approximate surface area is 77.2 Å². The van der Waals surface area contributed by atoms with Gasteiger partial charge in [0.2, 0.25) is 0 Å². The number of aromatic amines is 1. The van der Waals surface area contributed by atoms with Crippen LogP contribution in [0.5, 0.6) is 0 Å². The molecule has 0 atom stereocenters. The fraction of sp³-hybridized carbons (Fsp3) is 0.444. The summed E-state index contributed by atoms with van der Waals surface area (Å²) < 4.78 is 0. The first-order chi connectivity index (χ1) is 5.45. The molecule has 0 saturated carbocycles. The molecule has 1 aromatic rings. The van der Waals surface area contributed by atoms with Crippen LogP contribution in [0.25, 0.3) is 0 Å². The van der Waals surface area contributed by atoms with E-state index in [-0.39, 0.29) is 5.41 Å². The lowest BCUT2D eigenvalue weighted by molar-refractivity contribution is 0.572. The normalized spacial score (nSPS) is 11.2. The van der Waals surface area contributed by atoms with Crippen LogP contribution >= 0.6 is 11.6 Å². The van der Waals surface area contributed by atoms with Crippen LogP contribution in [-0.4, -0.2) is 4.98 Å². The van der Waals surface area contributed by atoms with Gasteiger partial charge in [-0.25, -0.2) is 0 Å². The Balaban J connectivity index is 3.16. The molecule has 2 nitrogen and oxygen atoms in total. The van der Waals surface area contributed by atoms with Crippen LogP contribution in [0.15, 0.2) is 6.07 Å². The largest absolute Gasteiger partial charge is 0.349 e. The molecule has 3 heteroatoms. The molecule has 1 N–H and O–H groups in total. The summed E-state index contributed by atoms with van der Waals surface area (Å²) in [5.41, 5.74) is 1.45. The van der Waals surface area contributed by atoms with Crippen molar-refractivity contribution in [1.29, 1.82) is 5.26 Å². The number of nitriles is 1. The first kappa shape index (κ1) is 9.15. The van der Waals surface area contributed by atoms with Gasteiger partial charge in [-0.1, -0.05) is 32.4 Å². The van der Waals surface area contributed by atoms with E-state index in [1.807, 2.05) is 6.07 Å². The highest BCUT2D eigenvalue weighted by Crippen LogP contribution is 2.26. The van der Waals surface area contributed by atoms with Crippen LogP contribution in [0.2, 0.25) is 5.02 Å². The van der Waals surface area contributed by atoms with Gasteiger partial charge in [0.25, 0.3) is 0 Å². The molecule has 0 aromatic carbocycles. The third-order valence-corrected chi connectivity index (χ3v) is 1.99. The van der Waals surface area contributed by atoms with Crippen molar-refractivity contribution in [1.82, 2.24) is 4.98 Å². The molecule has 0 spiro atoms. The van der Waals surface area contributed by atoms with Crippen LogP contribution in [0.3, 0.4) is 0 Å². The predicted octanol–water partition coefficient (Wildman–Crippen LogP) is 2.84. The van der Waals surface area contributed by atoms with Crippen molar-refractivity contribution in [3.05, 3.63) is 22.5 Å². The number of halogens is 1. The smallest absolute Gasteiger partial charge is 0.136 e. The molecule has 0 aliphatic heterocycles. The summed E-state index contributed by atoms with van der Waals surface area (Å²) in [6.07, 6.45) is 0. The van der Waals surface area contributed by atoms with E-state index in [9.17, 15) is 0 Å². The first-order valence-corrected chi connectivity index (χ1v) is 4.12. The molecule has 0 fully saturated rings. The Morgan fingerprint density at radius 1 is 1.50 bits per heavy atom. The number of aromatic nitrogens is 1. The van der Waals surface area contributed by atoms with Crippen LogP contribution in [0.4, 0.5) is 0 Å². The molecule has 0 saturated heterocycles. The van der Waals surface area contributed by atoms with Gasteiger partial charge in [-0.3, -0.25) is 0 Å². The summed E-state index contributed by atoms with van der Waals surface area (Å²) in [5.74, 6) is 0. The maximum atomic E-state index is 8.63. The molecule has 0 aliphatic rings. The average molecular weight is 183 g/mol. The lowest BCUT2D eigenvalue weighted by Crippen LogP contribution is -2.11. The van der Waals surface area contributed by atoms with Crippen molar-refractivity contribution < 1.29 is 0 Å². The van der Waals surface area contributed by atoms with Gasteiger partial charge in [-0.2, -0.15) is 5.26 Å². The number of hydrogen-bond acceptors (Lipinski definition) is 1.